The van der Waals surface area contributed by atoms with E-state index < -0.39 is 0 Å². The van der Waals surface area contributed by atoms with Gasteiger partial charge in [0.1, 0.15) is 5.75 Å². The zero-order chi connectivity index (χ0) is 13.2. The maximum atomic E-state index is 5.73. The van der Waals surface area contributed by atoms with Gasteiger partial charge in [-0.1, -0.05) is 36.4 Å². The average Bonchev–Trinajstić information content (AvgIpc) is 2.38. The fourth-order valence-electron chi connectivity index (χ4n) is 1.81. The molecule has 3 rings (SSSR count). The summed E-state index contributed by atoms with van der Waals surface area (Å²) in [5.41, 5.74) is 0. The zero-order valence-corrected chi connectivity index (χ0v) is 11.3. The van der Waals surface area contributed by atoms with E-state index in [2.05, 4.69) is 15.0 Å². The molecule has 1 aromatic heterocycles. The number of rotatable bonds is 2. The van der Waals surface area contributed by atoms with Crippen molar-refractivity contribution in [1.82, 2.24) is 15.0 Å². The number of aromatic amines is 2. The van der Waals surface area contributed by atoms with Crippen LogP contribution in [0.3, 0.4) is 0 Å². The Hall–Kier alpha value is -2.05. The van der Waals surface area contributed by atoms with Crippen LogP contribution in [0.2, 0.25) is 0 Å². The van der Waals surface area contributed by atoms with Crippen molar-refractivity contribution in [3.63, 3.8) is 0 Å². The Labute approximate surface area is 119 Å². The first-order chi connectivity index (χ1) is 9.22. The summed E-state index contributed by atoms with van der Waals surface area (Å²) < 4.78 is 6.41. The molecule has 2 N–H and O–H groups in total. The monoisotopic (exact) mass is 287 g/mol. The molecule has 6 heteroatoms. The van der Waals surface area contributed by atoms with Crippen molar-refractivity contribution < 1.29 is 4.74 Å². The van der Waals surface area contributed by atoms with Crippen molar-refractivity contribution in [3.05, 3.63) is 52.0 Å². The Kier molecular flexibility index (Phi) is 3.10. The quantitative estimate of drug-likeness (QED) is 0.695. The highest BCUT2D eigenvalue weighted by Gasteiger charge is 2.04. The number of ether oxygens (including phenoxy) is 1. The van der Waals surface area contributed by atoms with Gasteiger partial charge in [0, 0.05) is 5.39 Å². The van der Waals surface area contributed by atoms with Crippen molar-refractivity contribution >= 4 is 35.2 Å². The fraction of sp³-hybridized carbons (Fsp3) is 0. The van der Waals surface area contributed by atoms with E-state index in [1.807, 2.05) is 42.5 Å². The van der Waals surface area contributed by atoms with Crippen LogP contribution in [0, 0.1) is 9.54 Å². The number of hydrogen-bond acceptors (Lipinski definition) is 4. The molecule has 0 aliphatic rings. The number of H-pyrrole nitrogens is 2. The summed E-state index contributed by atoms with van der Waals surface area (Å²) in [6.45, 7) is 0. The van der Waals surface area contributed by atoms with E-state index in [4.69, 9.17) is 29.2 Å². The molecule has 0 amide bonds. The predicted molar refractivity (Wildman–Crippen MR) is 78.6 cm³/mol. The number of nitrogens with zero attached hydrogens (tertiary/aromatic N) is 1. The van der Waals surface area contributed by atoms with Gasteiger partial charge in [0.05, 0.1) is 0 Å². The highest BCUT2D eigenvalue weighted by atomic mass is 32.1. The smallest absolute Gasteiger partial charge is 0.304 e. The van der Waals surface area contributed by atoms with Gasteiger partial charge in [0.15, 0.2) is 4.77 Å². The molecular formula is C13H9N3OS2. The van der Waals surface area contributed by atoms with Gasteiger partial charge in [-0.2, -0.15) is 4.98 Å². The lowest BCUT2D eigenvalue weighted by Gasteiger charge is -2.07. The lowest BCUT2D eigenvalue weighted by molar-refractivity contribution is 0.442. The van der Waals surface area contributed by atoms with Crippen LogP contribution < -0.4 is 4.74 Å². The lowest BCUT2D eigenvalue weighted by atomic mass is 10.1. The molecule has 0 unspecified atom stereocenters. The SMILES string of the molecule is S=c1nc(Oc2cccc3ccccc23)[nH]c(=S)[nH]1. The van der Waals surface area contributed by atoms with Gasteiger partial charge >= 0.3 is 6.01 Å². The van der Waals surface area contributed by atoms with E-state index in [0.29, 0.717) is 15.3 Å². The Morgan fingerprint density at radius 3 is 2.58 bits per heavy atom. The van der Waals surface area contributed by atoms with Gasteiger partial charge < -0.3 is 9.72 Å². The van der Waals surface area contributed by atoms with E-state index in [-0.39, 0.29) is 6.01 Å². The van der Waals surface area contributed by atoms with Crippen molar-refractivity contribution in [2.75, 3.05) is 0 Å². The number of nitrogens with one attached hydrogen (secondary N) is 2. The maximum Gasteiger partial charge on any atom is 0.304 e. The van der Waals surface area contributed by atoms with E-state index in [9.17, 15) is 0 Å². The molecule has 0 saturated carbocycles. The highest BCUT2D eigenvalue weighted by molar-refractivity contribution is 7.71. The Morgan fingerprint density at radius 1 is 0.947 bits per heavy atom. The topological polar surface area (TPSA) is 53.7 Å². The summed E-state index contributed by atoms with van der Waals surface area (Å²) in [6.07, 6.45) is 0. The normalized spacial score (nSPS) is 10.5. The van der Waals surface area contributed by atoms with Gasteiger partial charge in [0.25, 0.3) is 0 Å². The summed E-state index contributed by atoms with van der Waals surface area (Å²) in [4.78, 5) is 9.59. The Balaban J connectivity index is 2.10. The molecule has 0 spiro atoms. The van der Waals surface area contributed by atoms with Crippen LogP contribution in [0.4, 0.5) is 0 Å². The molecule has 1 heterocycles. The number of aromatic nitrogens is 3. The van der Waals surface area contributed by atoms with Gasteiger partial charge in [-0.05, 0) is 35.9 Å². The molecule has 3 aromatic rings. The number of benzene rings is 2. The van der Waals surface area contributed by atoms with Crippen molar-refractivity contribution in [2.24, 2.45) is 0 Å². The molecule has 4 nitrogen and oxygen atoms in total. The molecule has 0 radical (unpaired) electrons. The summed E-state index contributed by atoms with van der Waals surface area (Å²) >= 11 is 9.97. The zero-order valence-electron chi connectivity index (χ0n) is 9.71. The first kappa shape index (κ1) is 12.0. The number of hydrogen-bond donors (Lipinski definition) is 2. The lowest BCUT2D eigenvalue weighted by Crippen LogP contribution is -1.95. The predicted octanol–water partition coefficient (Wildman–Crippen LogP) is 4.14. The average molecular weight is 287 g/mol. The molecule has 0 bridgehead atoms. The molecule has 94 valence electrons. The van der Waals surface area contributed by atoms with Crippen LogP contribution in [-0.4, -0.2) is 15.0 Å². The third kappa shape index (κ3) is 2.54. The Morgan fingerprint density at radius 2 is 1.74 bits per heavy atom. The minimum Gasteiger partial charge on any atom is -0.425 e. The second-order valence-corrected chi connectivity index (χ2v) is 4.68. The molecule has 0 aliphatic heterocycles. The molecule has 0 aliphatic carbocycles. The van der Waals surface area contributed by atoms with Gasteiger partial charge in [-0.3, -0.25) is 4.98 Å². The minimum absolute atomic E-state index is 0.283. The Bertz CT molecular complexity index is 820. The molecular weight excluding hydrogens is 278 g/mol. The second kappa shape index (κ2) is 4.91. The van der Waals surface area contributed by atoms with E-state index in [1.54, 1.807) is 0 Å². The molecule has 0 saturated heterocycles. The van der Waals surface area contributed by atoms with Gasteiger partial charge in [0.2, 0.25) is 4.77 Å². The largest absolute Gasteiger partial charge is 0.425 e. The van der Waals surface area contributed by atoms with Gasteiger partial charge in [-0.15, -0.1) is 0 Å². The van der Waals surface area contributed by atoms with Crippen LogP contribution in [-0.2, 0) is 0 Å². The van der Waals surface area contributed by atoms with Crippen LogP contribution in [0.25, 0.3) is 10.8 Å². The highest BCUT2D eigenvalue weighted by Crippen LogP contribution is 2.27. The van der Waals surface area contributed by atoms with Crippen LogP contribution in [0.15, 0.2) is 42.5 Å². The first-order valence-corrected chi connectivity index (χ1v) is 6.40. The standard InChI is InChI=1S/C13H9N3OS2/c18-12-14-11(15-13(19)16-12)17-10-7-3-5-8-4-1-2-6-9(8)10/h1-7H,(H2,14,15,16,18,19). The third-order valence-corrected chi connectivity index (χ3v) is 3.00. The molecule has 0 atom stereocenters. The first-order valence-electron chi connectivity index (χ1n) is 5.59. The van der Waals surface area contributed by atoms with Crippen LogP contribution in [0.5, 0.6) is 11.8 Å². The summed E-state index contributed by atoms with van der Waals surface area (Å²) in [6, 6.07) is 14.1. The van der Waals surface area contributed by atoms with E-state index in [0.717, 1.165) is 10.8 Å². The fourth-order valence-corrected chi connectivity index (χ4v) is 2.24. The van der Waals surface area contributed by atoms with Crippen molar-refractivity contribution in [3.8, 4) is 11.8 Å². The number of fused-ring (bicyclic) bond motifs is 1. The molecule has 19 heavy (non-hydrogen) atoms. The molecule has 0 fully saturated rings. The molecule has 2 aromatic carbocycles. The van der Waals surface area contributed by atoms with E-state index >= 15 is 0 Å². The van der Waals surface area contributed by atoms with E-state index in [1.165, 1.54) is 0 Å². The second-order valence-electron chi connectivity index (χ2n) is 3.88. The van der Waals surface area contributed by atoms with Crippen molar-refractivity contribution in [1.29, 1.82) is 0 Å². The third-order valence-electron chi connectivity index (χ3n) is 2.60. The summed E-state index contributed by atoms with van der Waals surface area (Å²) in [7, 11) is 0. The van der Waals surface area contributed by atoms with Crippen molar-refractivity contribution in [2.45, 2.75) is 0 Å². The summed E-state index contributed by atoms with van der Waals surface area (Å²) in [5.74, 6) is 0.705. The maximum absolute atomic E-state index is 5.73. The van der Waals surface area contributed by atoms with Crippen LogP contribution >= 0.6 is 24.4 Å². The summed E-state index contributed by atoms with van der Waals surface area (Å²) in [5, 5.41) is 2.10. The van der Waals surface area contributed by atoms with Gasteiger partial charge in [-0.25, -0.2) is 0 Å². The van der Waals surface area contributed by atoms with Crippen LogP contribution in [0.1, 0.15) is 0 Å². The minimum atomic E-state index is 0.283.